The van der Waals surface area contributed by atoms with Crippen LogP contribution in [0.5, 0.6) is 0 Å². The molecule has 1 aromatic heterocycles. The Balaban J connectivity index is 1.83. The maximum atomic E-state index is 13.1. The van der Waals surface area contributed by atoms with Gasteiger partial charge in [-0.3, -0.25) is 9.67 Å². The first-order valence-corrected chi connectivity index (χ1v) is 8.33. The minimum atomic E-state index is -0.190. The van der Waals surface area contributed by atoms with Gasteiger partial charge in [0.1, 0.15) is 5.82 Å². The topological polar surface area (TPSA) is 54.2 Å². The number of guanidine groups is 1. The molecule has 2 aromatic rings. The summed E-state index contributed by atoms with van der Waals surface area (Å²) in [6.45, 7) is 6.25. The van der Waals surface area contributed by atoms with Crippen molar-refractivity contribution in [2.75, 3.05) is 19.6 Å². The molecule has 0 atom stereocenters. The Morgan fingerprint density at radius 3 is 2.79 bits per heavy atom. The molecule has 0 radical (unpaired) electrons. The number of rotatable bonds is 7. The van der Waals surface area contributed by atoms with Crippen molar-refractivity contribution in [2.45, 2.75) is 26.7 Å². The number of halogens is 1. The summed E-state index contributed by atoms with van der Waals surface area (Å²) in [5.74, 6) is 0.617. The summed E-state index contributed by atoms with van der Waals surface area (Å²) >= 11 is 0. The molecule has 1 heterocycles. The van der Waals surface area contributed by atoms with E-state index in [0.29, 0.717) is 6.54 Å². The highest BCUT2D eigenvalue weighted by atomic mass is 19.1. The highest BCUT2D eigenvalue weighted by molar-refractivity contribution is 5.79. The summed E-state index contributed by atoms with van der Waals surface area (Å²) in [6, 6.07) is 4.91. The van der Waals surface area contributed by atoms with Crippen LogP contribution in [0.1, 0.15) is 23.6 Å². The van der Waals surface area contributed by atoms with Gasteiger partial charge in [-0.25, -0.2) is 4.39 Å². The van der Waals surface area contributed by atoms with E-state index in [9.17, 15) is 4.39 Å². The van der Waals surface area contributed by atoms with Crippen LogP contribution in [0, 0.1) is 12.7 Å². The van der Waals surface area contributed by atoms with E-state index in [1.54, 1.807) is 10.7 Å². The number of hydrogen-bond donors (Lipinski definition) is 2. The molecule has 1 aromatic carbocycles. The molecule has 0 bridgehead atoms. The molecule has 24 heavy (non-hydrogen) atoms. The van der Waals surface area contributed by atoms with Crippen LogP contribution in [-0.4, -0.2) is 35.4 Å². The normalized spacial score (nSPS) is 11.6. The van der Waals surface area contributed by atoms with E-state index < -0.39 is 0 Å². The van der Waals surface area contributed by atoms with Crippen LogP contribution in [0.25, 0.3) is 0 Å². The molecule has 0 aliphatic rings. The molecule has 0 fully saturated rings. The zero-order chi connectivity index (χ0) is 17.4. The van der Waals surface area contributed by atoms with Gasteiger partial charge < -0.3 is 10.6 Å². The van der Waals surface area contributed by atoms with Crippen LogP contribution in [0.15, 0.2) is 35.6 Å². The van der Waals surface area contributed by atoms with Crippen molar-refractivity contribution in [3.05, 3.63) is 53.1 Å². The number of aliphatic imine (C=N–C) groups is 1. The van der Waals surface area contributed by atoms with Crippen molar-refractivity contribution >= 4 is 5.96 Å². The third-order valence-corrected chi connectivity index (χ3v) is 3.76. The molecule has 2 rings (SSSR count). The lowest BCUT2D eigenvalue weighted by atomic mass is 10.1. The lowest BCUT2D eigenvalue weighted by Crippen LogP contribution is -2.38. The lowest BCUT2D eigenvalue weighted by Gasteiger charge is -2.11. The minimum absolute atomic E-state index is 0.190. The molecule has 0 saturated heterocycles. The van der Waals surface area contributed by atoms with Gasteiger partial charge in [0.15, 0.2) is 5.96 Å². The summed E-state index contributed by atoms with van der Waals surface area (Å²) in [6.07, 6.45) is 5.59. The van der Waals surface area contributed by atoms with Gasteiger partial charge in [0.25, 0.3) is 0 Å². The predicted octanol–water partition coefficient (Wildman–Crippen LogP) is 2.21. The van der Waals surface area contributed by atoms with Crippen LogP contribution in [0.4, 0.5) is 4.39 Å². The van der Waals surface area contributed by atoms with Crippen molar-refractivity contribution in [1.82, 2.24) is 20.4 Å². The number of nitrogens with one attached hydrogen (secondary N) is 2. The largest absolute Gasteiger partial charge is 0.357 e. The van der Waals surface area contributed by atoms with E-state index in [-0.39, 0.29) is 5.82 Å². The highest BCUT2D eigenvalue weighted by Crippen LogP contribution is 2.10. The van der Waals surface area contributed by atoms with Gasteiger partial charge >= 0.3 is 0 Å². The Kier molecular flexibility index (Phi) is 6.78. The summed E-state index contributed by atoms with van der Waals surface area (Å²) in [5, 5.41) is 10.7. The van der Waals surface area contributed by atoms with E-state index in [1.165, 1.54) is 11.6 Å². The summed E-state index contributed by atoms with van der Waals surface area (Å²) < 4.78 is 14.9. The van der Waals surface area contributed by atoms with Gasteiger partial charge in [0.2, 0.25) is 0 Å². The summed E-state index contributed by atoms with van der Waals surface area (Å²) in [5.41, 5.74) is 3.30. The van der Waals surface area contributed by atoms with Crippen LogP contribution in [0.2, 0.25) is 0 Å². The molecule has 0 spiro atoms. The Bertz CT molecular complexity index is 678. The average molecular weight is 331 g/mol. The molecule has 5 nitrogen and oxygen atoms in total. The lowest BCUT2D eigenvalue weighted by molar-refractivity contribution is 0.625. The fourth-order valence-corrected chi connectivity index (χ4v) is 2.50. The van der Waals surface area contributed by atoms with Gasteiger partial charge in [-0.2, -0.15) is 5.10 Å². The zero-order valence-electron chi connectivity index (χ0n) is 14.6. The quantitative estimate of drug-likeness (QED) is 0.604. The first kappa shape index (κ1) is 18.0. The maximum Gasteiger partial charge on any atom is 0.191 e. The molecule has 0 amide bonds. The first-order chi connectivity index (χ1) is 11.6. The second kappa shape index (κ2) is 9.05. The molecule has 0 saturated carbocycles. The van der Waals surface area contributed by atoms with Gasteiger partial charge in [0, 0.05) is 32.9 Å². The number of benzene rings is 1. The molecule has 130 valence electrons. The van der Waals surface area contributed by atoms with Crippen molar-refractivity contribution in [2.24, 2.45) is 12.0 Å². The summed E-state index contributed by atoms with van der Waals surface area (Å²) in [4.78, 5) is 4.59. The van der Waals surface area contributed by atoms with Crippen LogP contribution >= 0.6 is 0 Å². The van der Waals surface area contributed by atoms with Gasteiger partial charge in [-0.05, 0) is 55.5 Å². The SMILES string of the molecule is CCNC(=NCCc1ccc(F)cc1C)NCCc1cnn(C)c1. The van der Waals surface area contributed by atoms with Crippen molar-refractivity contribution in [3.8, 4) is 0 Å². The fraction of sp³-hybridized carbons (Fsp3) is 0.444. The Morgan fingerprint density at radius 2 is 2.12 bits per heavy atom. The molecule has 2 N–H and O–H groups in total. The van der Waals surface area contributed by atoms with E-state index in [2.05, 4.69) is 20.7 Å². The number of aromatic nitrogens is 2. The van der Waals surface area contributed by atoms with Crippen LogP contribution in [0.3, 0.4) is 0 Å². The van der Waals surface area contributed by atoms with E-state index in [4.69, 9.17) is 0 Å². The average Bonchev–Trinajstić information content (AvgIpc) is 2.95. The third kappa shape index (κ3) is 5.68. The molecule has 0 aliphatic heterocycles. The maximum absolute atomic E-state index is 13.1. The minimum Gasteiger partial charge on any atom is -0.357 e. The number of nitrogens with zero attached hydrogens (tertiary/aromatic N) is 3. The van der Waals surface area contributed by atoms with Gasteiger partial charge in [-0.15, -0.1) is 0 Å². The smallest absolute Gasteiger partial charge is 0.191 e. The predicted molar refractivity (Wildman–Crippen MR) is 95.7 cm³/mol. The van der Waals surface area contributed by atoms with Gasteiger partial charge in [0.05, 0.1) is 6.20 Å². The molecule has 6 heteroatoms. The number of aryl methyl sites for hydroxylation is 2. The summed E-state index contributed by atoms with van der Waals surface area (Å²) in [7, 11) is 1.92. The van der Waals surface area contributed by atoms with Crippen LogP contribution in [-0.2, 0) is 19.9 Å². The molecule has 0 aliphatic carbocycles. The van der Waals surface area contributed by atoms with E-state index in [0.717, 1.165) is 43.0 Å². The van der Waals surface area contributed by atoms with Crippen molar-refractivity contribution in [3.63, 3.8) is 0 Å². The molecular weight excluding hydrogens is 305 g/mol. The first-order valence-electron chi connectivity index (χ1n) is 8.33. The van der Waals surface area contributed by atoms with Gasteiger partial charge in [-0.1, -0.05) is 6.07 Å². The Hall–Kier alpha value is -2.37. The van der Waals surface area contributed by atoms with E-state index in [1.807, 2.05) is 39.4 Å². The van der Waals surface area contributed by atoms with Crippen LogP contribution < -0.4 is 10.6 Å². The van der Waals surface area contributed by atoms with Crippen molar-refractivity contribution in [1.29, 1.82) is 0 Å². The standard InChI is InChI=1S/C18H26FN5/c1-4-20-18(21-9-7-15-12-23-24(3)13-15)22-10-8-16-5-6-17(19)11-14(16)2/h5-6,11-13H,4,7-10H2,1-3H3,(H2,20,21,22). The van der Waals surface area contributed by atoms with E-state index >= 15 is 0 Å². The zero-order valence-corrected chi connectivity index (χ0v) is 14.6. The van der Waals surface area contributed by atoms with Crippen molar-refractivity contribution < 1.29 is 4.39 Å². The molecule has 0 unspecified atom stereocenters. The second-order valence-corrected chi connectivity index (χ2v) is 5.78. The third-order valence-electron chi connectivity index (χ3n) is 3.76. The number of hydrogen-bond acceptors (Lipinski definition) is 2. The Morgan fingerprint density at radius 1 is 1.29 bits per heavy atom. The fourth-order valence-electron chi connectivity index (χ4n) is 2.50. The highest BCUT2D eigenvalue weighted by Gasteiger charge is 2.02. The monoisotopic (exact) mass is 331 g/mol. The molecular formula is C18H26FN5. The second-order valence-electron chi connectivity index (χ2n) is 5.78. The Labute approximate surface area is 143 Å².